The Labute approximate surface area is 140 Å². The molecule has 24 heavy (non-hydrogen) atoms. The highest BCUT2D eigenvalue weighted by Gasteiger charge is 2.27. The summed E-state index contributed by atoms with van der Waals surface area (Å²) in [5, 5.41) is 24.2. The highest BCUT2D eigenvalue weighted by molar-refractivity contribution is 6.30. The van der Waals surface area contributed by atoms with Crippen molar-refractivity contribution in [2.45, 2.75) is 0 Å². The fourth-order valence-electron chi connectivity index (χ4n) is 2.20. The van der Waals surface area contributed by atoms with Gasteiger partial charge in [0.25, 0.3) is 0 Å². The summed E-state index contributed by atoms with van der Waals surface area (Å²) in [7, 11) is 0. The van der Waals surface area contributed by atoms with E-state index >= 15 is 0 Å². The Bertz CT molecular complexity index is 980. The third kappa shape index (κ3) is 2.50. The van der Waals surface area contributed by atoms with Gasteiger partial charge in [-0.05, 0) is 28.9 Å². The zero-order valence-corrected chi connectivity index (χ0v) is 12.8. The summed E-state index contributed by atoms with van der Waals surface area (Å²) in [6.07, 6.45) is 0. The average Bonchev–Trinajstić information content (AvgIpc) is 3.23. The van der Waals surface area contributed by atoms with Gasteiger partial charge in [0, 0.05) is 22.7 Å². The largest absolute Gasteiger partial charge is 0.538 e. The summed E-state index contributed by atoms with van der Waals surface area (Å²) in [6, 6.07) is 16.0. The van der Waals surface area contributed by atoms with E-state index in [2.05, 4.69) is 15.5 Å². The Hall–Kier alpha value is -3.19. The maximum atomic E-state index is 12.0. The summed E-state index contributed by atoms with van der Waals surface area (Å²) in [5.41, 5.74) is 1.40. The average molecular weight is 341 g/mol. The molecule has 0 aliphatic heterocycles. The van der Waals surface area contributed by atoms with E-state index in [9.17, 15) is 5.11 Å². The summed E-state index contributed by atoms with van der Waals surface area (Å²) in [4.78, 5) is 0. The normalized spacial score (nSPS) is 10.9. The molecule has 0 aliphatic rings. The van der Waals surface area contributed by atoms with Gasteiger partial charge < -0.3 is 14.0 Å². The number of aromatic nitrogens is 4. The van der Waals surface area contributed by atoms with Crippen molar-refractivity contribution in [1.82, 2.24) is 15.5 Å². The Balaban J connectivity index is 1.78. The first-order chi connectivity index (χ1) is 11.7. The lowest BCUT2D eigenvalue weighted by molar-refractivity contribution is -0.660. The van der Waals surface area contributed by atoms with Crippen molar-refractivity contribution in [3.63, 3.8) is 0 Å². The highest BCUT2D eigenvalue weighted by Crippen LogP contribution is 2.27. The van der Waals surface area contributed by atoms with Crippen LogP contribution in [0.15, 0.2) is 63.5 Å². The Morgan fingerprint density at radius 3 is 2.38 bits per heavy atom. The molecule has 0 bridgehead atoms. The molecule has 0 saturated heterocycles. The third-order valence-corrected chi connectivity index (χ3v) is 3.58. The lowest BCUT2D eigenvalue weighted by Gasteiger charge is -1.95. The smallest absolute Gasteiger partial charge is 0.327 e. The van der Waals surface area contributed by atoms with Gasteiger partial charge >= 0.3 is 11.6 Å². The number of rotatable bonds is 3. The molecule has 0 aliphatic carbocycles. The predicted molar refractivity (Wildman–Crippen MR) is 81.2 cm³/mol. The van der Waals surface area contributed by atoms with Crippen molar-refractivity contribution in [3.8, 4) is 34.7 Å². The molecule has 2 aromatic heterocycles. The molecule has 0 unspecified atom stereocenters. The number of para-hydroxylation sites is 1. The number of benzene rings is 2. The van der Waals surface area contributed by atoms with Gasteiger partial charge in [-0.15, -0.1) is 10.2 Å². The van der Waals surface area contributed by atoms with E-state index in [1.165, 1.54) is 4.68 Å². The van der Waals surface area contributed by atoms with Gasteiger partial charge in [-0.25, -0.2) is 0 Å². The Kier molecular flexibility index (Phi) is 3.47. The van der Waals surface area contributed by atoms with Gasteiger partial charge in [0.1, 0.15) is 0 Å². The van der Waals surface area contributed by atoms with Crippen LogP contribution in [-0.2, 0) is 0 Å². The maximum absolute atomic E-state index is 12.0. The van der Waals surface area contributed by atoms with Gasteiger partial charge in [0.05, 0.1) is 5.27 Å². The number of hydrogen-bond donors (Lipinski definition) is 0. The molecule has 4 aromatic rings. The van der Waals surface area contributed by atoms with Crippen molar-refractivity contribution in [1.29, 1.82) is 0 Å². The number of halogens is 1. The fourth-order valence-corrected chi connectivity index (χ4v) is 2.33. The molecule has 118 valence electrons. The lowest BCUT2D eigenvalue weighted by Crippen LogP contribution is -2.34. The molecule has 0 radical (unpaired) electrons. The molecule has 0 fully saturated rings. The van der Waals surface area contributed by atoms with E-state index in [1.807, 2.05) is 18.2 Å². The first kappa shape index (κ1) is 14.4. The zero-order chi connectivity index (χ0) is 16.5. The molecule has 0 amide bonds. The van der Waals surface area contributed by atoms with Crippen LogP contribution in [-0.4, -0.2) is 15.5 Å². The van der Waals surface area contributed by atoms with Crippen molar-refractivity contribution in [3.05, 3.63) is 59.6 Å². The Morgan fingerprint density at radius 2 is 1.62 bits per heavy atom. The van der Waals surface area contributed by atoms with Crippen molar-refractivity contribution >= 4 is 11.6 Å². The molecule has 4 rings (SSSR count). The van der Waals surface area contributed by atoms with E-state index in [4.69, 9.17) is 20.5 Å². The summed E-state index contributed by atoms with van der Waals surface area (Å²) in [6.45, 7) is 0. The molecular formula is C16H9ClN4O3. The highest BCUT2D eigenvalue weighted by atomic mass is 35.5. The monoisotopic (exact) mass is 340 g/mol. The van der Waals surface area contributed by atoms with E-state index in [-0.39, 0.29) is 17.5 Å². The molecule has 0 atom stereocenters. The van der Waals surface area contributed by atoms with Crippen LogP contribution in [0, 0.1) is 0 Å². The molecule has 0 N–H and O–H groups in total. The van der Waals surface area contributed by atoms with Gasteiger partial charge in [-0.1, -0.05) is 29.8 Å². The predicted octanol–water partition coefficient (Wildman–Crippen LogP) is 2.40. The summed E-state index contributed by atoms with van der Waals surface area (Å²) < 4.78 is 11.7. The van der Waals surface area contributed by atoms with Gasteiger partial charge in [-0.2, -0.15) is 0 Å². The van der Waals surface area contributed by atoms with Crippen LogP contribution in [0.1, 0.15) is 0 Å². The van der Waals surface area contributed by atoms with Crippen molar-refractivity contribution in [2.24, 2.45) is 0 Å². The van der Waals surface area contributed by atoms with Crippen LogP contribution in [0.4, 0.5) is 0 Å². The van der Waals surface area contributed by atoms with Crippen LogP contribution in [0.5, 0.6) is 5.95 Å². The summed E-state index contributed by atoms with van der Waals surface area (Å²) >= 11 is 5.86. The van der Waals surface area contributed by atoms with Gasteiger partial charge in [0.2, 0.25) is 11.6 Å². The minimum absolute atomic E-state index is 0.0232. The third-order valence-electron chi connectivity index (χ3n) is 3.33. The Morgan fingerprint density at radius 1 is 0.917 bits per heavy atom. The SMILES string of the molecule is [O-]c1on[n+](-c2ccccc2)c1-c1nnc(-c2ccc(Cl)cc2)o1. The van der Waals surface area contributed by atoms with E-state index in [1.54, 1.807) is 36.4 Å². The molecule has 0 saturated carbocycles. The molecule has 7 nitrogen and oxygen atoms in total. The topological polar surface area (TPSA) is 91.9 Å². The second kappa shape index (κ2) is 5.78. The molecule has 2 aromatic carbocycles. The fraction of sp³-hybridized carbons (Fsp3) is 0. The van der Waals surface area contributed by atoms with Crippen molar-refractivity contribution < 1.29 is 18.7 Å². The van der Waals surface area contributed by atoms with E-state index in [0.717, 1.165) is 0 Å². The first-order valence-electron chi connectivity index (χ1n) is 6.96. The molecule has 2 heterocycles. The van der Waals surface area contributed by atoms with Gasteiger partial charge in [0.15, 0.2) is 5.95 Å². The van der Waals surface area contributed by atoms with Crippen LogP contribution in [0.3, 0.4) is 0 Å². The zero-order valence-electron chi connectivity index (χ0n) is 12.1. The van der Waals surface area contributed by atoms with Crippen LogP contribution in [0.25, 0.3) is 28.7 Å². The standard InChI is InChI=1S/C16H9ClN4O3/c17-11-8-6-10(7-9-11)14-18-19-15(23-14)13-16(22)24-20-21(13)12-4-2-1-3-5-12/h1-9H. The quantitative estimate of drug-likeness (QED) is 0.532. The van der Waals surface area contributed by atoms with Crippen LogP contribution in [0.2, 0.25) is 5.02 Å². The van der Waals surface area contributed by atoms with Crippen LogP contribution < -0.4 is 9.79 Å². The number of hydrogen-bond acceptors (Lipinski definition) is 6. The minimum atomic E-state index is -0.662. The molecule has 8 heteroatoms. The van der Waals surface area contributed by atoms with Crippen LogP contribution >= 0.6 is 11.6 Å². The molecular weight excluding hydrogens is 332 g/mol. The maximum Gasteiger partial charge on any atom is 0.327 e. The second-order valence-electron chi connectivity index (χ2n) is 4.88. The first-order valence-corrected chi connectivity index (χ1v) is 7.34. The minimum Gasteiger partial charge on any atom is -0.538 e. The van der Waals surface area contributed by atoms with E-state index in [0.29, 0.717) is 16.3 Å². The molecule has 0 spiro atoms. The second-order valence-corrected chi connectivity index (χ2v) is 5.31. The van der Waals surface area contributed by atoms with Gasteiger partial charge in [-0.3, -0.25) is 0 Å². The van der Waals surface area contributed by atoms with Crippen molar-refractivity contribution in [2.75, 3.05) is 0 Å². The summed E-state index contributed by atoms with van der Waals surface area (Å²) in [5.74, 6) is -0.373. The number of nitrogens with zero attached hydrogens (tertiary/aromatic N) is 4. The van der Waals surface area contributed by atoms with E-state index < -0.39 is 5.95 Å². The lowest BCUT2D eigenvalue weighted by atomic mass is 10.2.